The summed E-state index contributed by atoms with van der Waals surface area (Å²) in [6.45, 7) is 1.82. The molecule has 1 atom stereocenters. The molecule has 0 radical (unpaired) electrons. The van der Waals surface area contributed by atoms with E-state index in [2.05, 4.69) is 0 Å². The van der Waals surface area contributed by atoms with Gasteiger partial charge in [0.15, 0.2) is 0 Å². The van der Waals surface area contributed by atoms with Gasteiger partial charge in [-0.05, 0) is 48.9 Å². The lowest BCUT2D eigenvalue weighted by Gasteiger charge is -2.25. The van der Waals surface area contributed by atoms with Gasteiger partial charge in [0.2, 0.25) is 10.0 Å². The monoisotopic (exact) mass is 348 g/mol. The summed E-state index contributed by atoms with van der Waals surface area (Å²) in [5.74, 6) is 0.495. The summed E-state index contributed by atoms with van der Waals surface area (Å²) in [6.07, 6.45) is 0. The zero-order valence-corrected chi connectivity index (χ0v) is 14.6. The van der Waals surface area contributed by atoms with Gasteiger partial charge in [0.1, 0.15) is 5.75 Å². The van der Waals surface area contributed by atoms with E-state index < -0.39 is 10.0 Å². The number of nitrogens with two attached hydrogens (primary N) is 1. The van der Waals surface area contributed by atoms with Crippen LogP contribution in [0.4, 0.5) is 0 Å². The zero-order chi connectivity index (χ0) is 17.9. The zero-order valence-electron chi connectivity index (χ0n) is 13.8. The van der Waals surface area contributed by atoms with Crippen LogP contribution in [0.25, 0.3) is 0 Å². The Balaban J connectivity index is 2.25. The Bertz CT molecular complexity index is 832. The predicted octanol–water partition coefficient (Wildman–Crippen LogP) is 2.18. The molecule has 0 fully saturated rings. The van der Waals surface area contributed by atoms with Crippen molar-refractivity contribution in [2.24, 2.45) is 5.14 Å². The van der Waals surface area contributed by atoms with Gasteiger partial charge in [-0.3, -0.25) is 4.79 Å². The molecule has 2 rings (SSSR count). The highest BCUT2D eigenvalue weighted by molar-refractivity contribution is 7.89. The van der Waals surface area contributed by atoms with E-state index in [1.54, 1.807) is 55.5 Å². The molecule has 6 nitrogen and oxygen atoms in total. The highest BCUT2D eigenvalue weighted by Gasteiger charge is 2.20. The second-order valence-corrected chi connectivity index (χ2v) is 7.00. The Morgan fingerprint density at radius 1 is 1.17 bits per heavy atom. The average Bonchev–Trinajstić information content (AvgIpc) is 2.59. The van der Waals surface area contributed by atoms with E-state index in [9.17, 15) is 13.2 Å². The van der Waals surface area contributed by atoms with Gasteiger partial charge in [-0.15, -0.1) is 0 Å². The first-order valence-corrected chi connectivity index (χ1v) is 8.82. The number of rotatable bonds is 5. The van der Waals surface area contributed by atoms with Crippen LogP contribution in [0.3, 0.4) is 0 Å². The highest BCUT2D eigenvalue weighted by Crippen LogP contribution is 2.23. The molecule has 24 heavy (non-hydrogen) atoms. The van der Waals surface area contributed by atoms with E-state index in [1.807, 2.05) is 6.92 Å². The van der Waals surface area contributed by atoms with Crippen LogP contribution < -0.4 is 9.88 Å². The molecule has 0 saturated heterocycles. The number of carbonyl (C=O) groups excluding carboxylic acids is 1. The van der Waals surface area contributed by atoms with Gasteiger partial charge in [-0.2, -0.15) is 0 Å². The lowest BCUT2D eigenvalue weighted by atomic mass is 10.1. The molecule has 2 aromatic rings. The molecule has 0 spiro atoms. The van der Waals surface area contributed by atoms with Gasteiger partial charge < -0.3 is 9.64 Å². The Kier molecular flexibility index (Phi) is 5.26. The minimum absolute atomic E-state index is 0.0251. The fraction of sp³-hybridized carbons (Fsp3) is 0.235. The van der Waals surface area contributed by atoms with Crippen molar-refractivity contribution in [3.8, 4) is 5.75 Å². The van der Waals surface area contributed by atoms with Gasteiger partial charge in [0.25, 0.3) is 5.91 Å². The van der Waals surface area contributed by atoms with Gasteiger partial charge in [-0.25, -0.2) is 13.6 Å². The third-order valence-corrected chi connectivity index (χ3v) is 4.82. The molecule has 1 amide bonds. The van der Waals surface area contributed by atoms with Crippen molar-refractivity contribution < 1.29 is 17.9 Å². The van der Waals surface area contributed by atoms with Crippen molar-refractivity contribution in [2.75, 3.05) is 14.2 Å². The largest absolute Gasteiger partial charge is 0.497 e. The van der Waals surface area contributed by atoms with E-state index in [0.717, 1.165) is 0 Å². The number of carbonyl (C=O) groups is 1. The van der Waals surface area contributed by atoms with Crippen molar-refractivity contribution in [3.63, 3.8) is 0 Å². The smallest absolute Gasteiger partial charge is 0.254 e. The summed E-state index contributed by atoms with van der Waals surface area (Å²) in [5, 5.41) is 5.16. The van der Waals surface area contributed by atoms with Crippen LogP contribution in [0.2, 0.25) is 0 Å². The molecule has 0 unspecified atom stereocenters. The van der Waals surface area contributed by atoms with E-state index in [1.165, 1.54) is 12.1 Å². The van der Waals surface area contributed by atoms with Crippen molar-refractivity contribution >= 4 is 15.9 Å². The van der Waals surface area contributed by atoms with Gasteiger partial charge in [0, 0.05) is 12.6 Å². The van der Waals surface area contributed by atoms with Crippen molar-refractivity contribution in [1.29, 1.82) is 0 Å². The second-order valence-electron chi connectivity index (χ2n) is 5.44. The molecular weight excluding hydrogens is 328 g/mol. The minimum atomic E-state index is -3.78. The molecule has 7 heteroatoms. The lowest BCUT2D eigenvalue weighted by Crippen LogP contribution is -2.29. The number of primary sulfonamides is 1. The van der Waals surface area contributed by atoms with E-state index in [4.69, 9.17) is 9.88 Å². The summed E-state index contributed by atoms with van der Waals surface area (Å²) in [4.78, 5) is 14.2. The average molecular weight is 348 g/mol. The fourth-order valence-corrected chi connectivity index (χ4v) is 2.86. The normalized spacial score (nSPS) is 12.5. The number of nitrogens with zero attached hydrogens (tertiary/aromatic N) is 1. The summed E-state index contributed by atoms with van der Waals surface area (Å²) < 4.78 is 28.0. The molecule has 0 aliphatic carbocycles. The molecule has 2 N–H and O–H groups in total. The topological polar surface area (TPSA) is 89.7 Å². The summed E-state index contributed by atoms with van der Waals surface area (Å²) in [5.41, 5.74) is 1.21. The molecule has 0 aliphatic heterocycles. The Hall–Kier alpha value is -2.38. The molecule has 0 bridgehead atoms. The number of sulfonamides is 1. The third-order valence-electron chi connectivity index (χ3n) is 3.91. The first kappa shape index (κ1) is 18.0. The first-order valence-electron chi connectivity index (χ1n) is 7.28. The van der Waals surface area contributed by atoms with Crippen LogP contribution in [0.15, 0.2) is 53.4 Å². The molecule has 0 aromatic heterocycles. The summed E-state index contributed by atoms with van der Waals surface area (Å²) >= 11 is 0. The number of amides is 1. The number of methoxy groups -OCH3 is 1. The van der Waals surface area contributed by atoms with E-state index in [0.29, 0.717) is 16.9 Å². The van der Waals surface area contributed by atoms with E-state index in [-0.39, 0.29) is 16.8 Å². The van der Waals surface area contributed by atoms with Gasteiger partial charge in [0.05, 0.1) is 18.0 Å². The standard InChI is InChI=1S/C17H20N2O4S/c1-12(14-5-4-6-16(11-14)24(18,21)22)19(2)17(20)13-7-9-15(23-3)10-8-13/h4-12H,1-3H3,(H2,18,21,22)/t12-/m1/s1. The molecule has 0 aliphatic rings. The number of hydrogen-bond acceptors (Lipinski definition) is 4. The summed E-state index contributed by atoms with van der Waals surface area (Å²) in [7, 11) is -0.555. The van der Waals surface area contributed by atoms with Crippen LogP contribution in [-0.4, -0.2) is 33.4 Å². The first-order chi connectivity index (χ1) is 11.2. The molecule has 128 valence electrons. The third kappa shape index (κ3) is 3.93. The maximum Gasteiger partial charge on any atom is 0.254 e. The van der Waals surface area contributed by atoms with Gasteiger partial charge in [-0.1, -0.05) is 12.1 Å². The van der Waals surface area contributed by atoms with Crippen LogP contribution in [0.5, 0.6) is 5.75 Å². The predicted molar refractivity (Wildman–Crippen MR) is 91.3 cm³/mol. The lowest BCUT2D eigenvalue weighted by molar-refractivity contribution is 0.0742. The summed E-state index contributed by atoms with van der Waals surface area (Å²) in [6, 6.07) is 12.8. The van der Waals surface area contributed by atoms with Crippen LogP contribution in [0, 0.1) is 0 Å². The van der Waals surface area contributed by atoms with Gasteiger partial charge >= 0.3 is 0 Å². The number of hydrogen-bond donors (Lipinski definition) is 1. The number of benzene rings is 2. The van der Waals surface area contributed by atoms with E-state index >= 15 is 0 Å². The van der Waals surface area contributed by atoms with Crippen LogP contribution >= 0.6 is 0 Å². The Morgan fingerprint density at radius 3 is 2.33 bits per heavy atom. The second kappa shape index (κ2) is 7.02. The highest BCUT2D eigenvalue weighted by atomic mass is 32.2. The number of ether oxygens (including phenoxy) is 1. The Labute approximate surface area is 141 Å². The van der Waals surface area contributed by atoms with Crippen molar-refractivity contribution in [2.45, 2.75) is 17.9 Å². The van der Waals surface area contributed by atoms with Crippen LogP contribution in [0.1, 0.15) is 28.9 Å². The molecular formula is C17H20N2O4S. The SMILES string of the molecule is COc1ccc(C(=O)N(C)[C@H](C)c2cccc(S(N)(=O)=O)c2)cc1. The Morgan fingerprint density at radius 2 is 1.79 bits per heavy atom. The quantitative estimate of drug-likeness (QED) is 0.897. The van der Waals surface area contributed by atoms with Crippen molar-refractivity contribution in [3.05, 3.63) is 59.7 Å². The molecule has 2 aromatic carbocycles. The molecule has 0 saturated carbocycles. The van der Waals surface area contributed by atoms with Crippen molar-refractivity contribution in [1.82, 2.24) is 4.90 Å². The minimum Gasteiger partial charge on any atom is -0.497 e. The maximum atomic E-state index is 12.6. The van der Waals surface area contributed by atoms with Crippen LogP contribution in [-0.2, 0) is 10.0 Å². The maximum absolute atomic E-state index is 12.6. The molecule has 0 heterocycles. The fourth-order valence-electron chi connectivity index (χ4n) is 2.29.